The number of nitrogens with zero attached hydrogens (tertiary/aromatic N) is 5. The summed E-state index contributed by atoms with van der Waals surface area (Å²) in [7, 11) is 1.22. The third-order valence-corrected chi connectivity index (χ3v) is 6.17. The number of hydrazine groups is 3. The Morgan fingerprint density at radius 1 is 1.08 bits per heavy atom. The largest absolute Gasteiger partial charge is 0.346 e. The van der Waals surface area contributed by atoms with Crippen LogP contribution < -0.4 is 27.0 Å². The van der Waals surface area contributed by atoms with Gasteiger partial charge >= 0.3 is 0 Å². The number of hydrogen-bond acceptors (Lipinski definition) is 12. The van der Waals surface area contributed by atoms with Gasteiger partial charge in [-0.3, -0.25) is 19.3 Å². The number of benzene rings is 2. The Kier molecular flexibility index (Phi) is 10.3. The maximum absolute atomic E-state index is 13.0. The lowest BCUT2D eigenvalue weighted by molar-refractivity contribution is -0.533. The van der Waals surface area contributed by atoms with E-state index in [4.69, 9.17) is 11.6 Å². The van der Waals surface area contributed by atoms with Crippen molar-refractivity contribution in [1.29, 1.82) is 0 Å². The SMILES string of the molecule is CN(CC(=O)N(N)N(c1nc2ccc(OF)cc2s1)N(OF)OF)C(=O)CNC(=O)[C@@H](N)Cc1ccccc1. The van der Waals surface area contributed by atoms with Crippen LogP contribution in [0.5, 0.6) is 5.75 Å². The van der Waals surface area contributed by atoms with E-state index in [1.165, 1.54) is 25.2 Å². The van der Waals surface area contributed by atoms with Gasteiger partial charge in [0.2, 0.25) is 16.9 Å². The molecule has 0 fully saturated rings. The highest BCUT2D eigenvalue weighted by Gasteiger charge is 2.33. The first-order valence-corrected chi connectivity index (χ1v) is 11.8. The monoisotopic (exact) mass is 572 g/mol. The fourth-order valence-electron chi connectivity index (χ4n) is 3.19. The van der Waals surface area contributed by atoms with Crippen LogP contribution in [-0.4, -0.2) is 64.2 Å². The molecular formula is C21H23F3N8O6S. The highest BCUT2D eigenvalue weighted by atomic mass is 32.1. The van der Waals surface area contributed by atoms with Crippen molar-refractivity contribution < 1.29 is 43.0 Å². The lowest BCUT2D eigenvalue weighted by Gasteiger charge is -2.32. The fraction of sp³-hybridized carbons (Fsp3) is 0.238. The van der Waals surface area contributed by atoms with Crippen molar-refractivity contribution in [1.82, 2.24) is 25.7 Å². The molecule has 0 aliphatic carbocycles. The van der Waals surface area contributed by atoms with Gasteiger partial charge in [0.25, 0.3) is 5.91 Å². The molecule has 210 valence electrons. The fourth-order valence-corrected chi connectivity index (χ4v) is 4.17. The van der Waals surface area contributed by atoms with Crippen molar-refractivity contribution in [2.24, 2.45) is 11.6 Å². The Morgan fingerprint density at radius 3 is 2.41 bits per heavy atom. The van der Waals surface area contributed by atoms with E-state index < -0.39 is 42.2 Å². The summed E-state index contributed by atoms with van der Waals surface area (Å²) in [5.41, 5.74) is 6.92. The van der Waals surface area contributed by atoms with E-state index in [0.717, 1.165) is 10.5 Å². The second kappa shape index (κ2) is 13.6. The molecule has 2 aromatic carbocycles. The summed E-state index contributed by atoms with van der Waals surface area (Å²) >= 11 is 0.699. The van der Waals surface area contributed by atoms with Crippen LogP contribution in [0.4, 0.5) is 18.7 Å². The molecule has 0 aliphatic heterocycles. The van der Waals surface area contributed by atoms with Crippen LogP contribution in [0.3, 0.4) is 0 Å². The molecule has 0 radical (unpaired) electrons. The number of halogens is 3. The second-order valence-corrected chi connectivity index (χ2v) is 8.88. The molecule has 5 N–H and O–H groups in total. The van der Waals surface area contributed by atoms with Gasteiger partial charge < -0.3 is 16.0 Å². The number of hydrogen-bond donors (Lipinski definition) is 3. The van der Waals surface area contributed by atoms with Crippen LogP contribution in [0.25, 0.3) is 10.2 Å². The van der Waals surface area contributed by atoms with Crippen LogP contribution in [0, 0.1) is 0 Å². The summed E-state index contributed by atoms with van der Waals surface area (Å²) in [4.78, 5) is 46.0. The maximum atomic E-state index is 13.0. The molecule has 1 aromatic heterocycles. The smallest absolute Gasteiger partial charge is 0.276 e. The average Bonchev–Trinajstić information content (AvgIpc) is 3.36. The molecule has 0 aliphatic rings. The molecule has 3 amide bonds. The number of nitrogens with one attached hydrogen (secondary N) is 1. The van der Waals surface area contributed by atoms with Crippen molar-refractivity contribution in [3.05, 3.63) is 54.1 Å². The second-order valence-electron chi connectivity index (χ2n) is 7.87. The molecule has 1 atom stereocenters. The van der Waals surface area contributed by atoms with Crippen molar-refractivity contribution in [2.75, 3.05) is 25.3 Å². The summed E-state index contributed by atoms with van der Waals surface area (Å²) in [5, 5.41) is 8.33. The van der Waals surface area contributed by atoms with E-state index in [-0.39, 0.29) is 37.8 Å². The number of nitrogens with two attached hydrogens (primary N) is 2. The van der Waals surface area contributed by atoms with Crippen molar-refractivity contribution in [3.63, 3.8) is 0 Å². The van der Waals surface area contributed by atoms with Gasteiger partial charge in [-0.25, -0.2) is 10.8 Å². The number of carbonyl (C=O) groups excluding carboxylic acids is 3. The lowest BCUT2D eigenvalue weighted by Crippen LogP contribution is -2.60. The summed E-state index contributed by atoms with van der Waals surface area (Å²) in [5.74, 6) is 3.17. The van der Waals surface area contributed by atoms with Gasteiger partial charge in [0.05, 0.1) is 22.8 Å². The lowest BCUT2D eigenvalue weighted by atomic mass is 10.1. The Labute approximate surface area is 222 Å². The molecule has 14 nitrogen and oxygen atoms in total. The van der Waals surface area contributed by atoms with Crippen LogP contribution >= 0.6 is 11.3 Å². The number of rotatable bonds is 13. The van der Waals surface area contributed by atoms with Crippen molar-refractivity contribution in [2.45, 2.75) is 12.5 Å². The minimum absolute atomic E-state index is 0.154. The summed E-state index contributed by atoms with van der Waals surface area (Å²) < 4.78 is 38.7. The average molecular weight is 573 g/mol. The van der Waals surface area contributed by atoms with Gasteiger partial charge in [0, 0.05) is 17.6 Å². The number of likely N-dealkylation sites (N-methyl/N-ethyl adjacent to an activating group) is 1. The molecule has 0 bridgehead atoms. The van der Waals surface area contributed by atoms with E-state index in [0.29, 0.717) is 11.3 Å². The highest BCUT2D eigenvalue weighted by Crippen LogP contribution is 2.33. The van der Waals surface area contributed by atoms with Crippen molar-refractivity contribution in [3.8, 4) is 5.75 Å². The number of aromatic nitrogens is 1. The predicted octanol–water partition coefficient (Wildman–Crippen LogP) is 0.977. The Balaban J connectivity index is 1.63. The normalized spacial score (nSPS) is 11.8. The van der Waals surface area contributed by atoms with Gasteiger partial charge in [0.15, 0.2) is 5.75 Å². The summed E-state index contributed by atoms with van der Waals surface area (Å²) in [6.07, 6.45) is 0.241. The molecule has 0 saturated carbocycles. The van der Waals surface area contributed by atoms with Gasteiger partial charge in [-0.2, -0.15) is 5.12 Å². The number of anilines is 1. The Bertz CT molecular complexity index is 1290. The first kappa shape index (κ1) is 29.5. The molecular weight excluding hydrogens is 549 g/mol. The van der Waals surface area contributed by atoms with Crippen LogP contribution in [0.2, 0.25) is 0 Å². The molecule has 18 heteroatoms. The van der Waals surface area contributed by atoms with E-state index in [1.807, 2.05) is 6.07 Å². The third-order valence-electron chi connectivity index (χ3n) is 5.19. The molecule has 0 unspecified atom stereocenters. The van der Waals surface area contributed by atoms with Crippen LogP contribution in [-0.2, 0) is 30.9 Å². The van der Waals surface area contributed by atoms with Gasteiger partial charge in [0.1, 0.15) is 11.9 Å². The predicted molar refractivity (Wildman–Crippen MR) is 130 cm³/mol. The number of fused-ring (bicyclic) bond motifs is 1. The molecule has 3 aromatic rings. The maximum Gasteiger partial charge on any atom is 0.276 e. The zero-order valence-electron chi connectivity index (χ0n) is 20.2. The minimum atomic E-state index is -1.09. The van der Waals surface area contributed by atoms with Crippen molar-refractivity contribution >= 4 is 44.4 Å². The molecule has 0 saturated heterocycles. The first-order valence-electron chi connectivity index (χ1n) is 10.9. The van der Waals surface area contributed by atoms with Crippen LogP contribution in [0.1, 0.15) is 5.56 Å². The topological polar surface area (TPSA) is 169 Å². The van der Waals surface area contributed by atoms with Gasteiger partial charge in [-0.05, 0) is 43.3 Å². The Hall–Kier alpha value is -4.07. The zero-order chi connectivity index (χ0) is 28.5. The molecule has 1 heterocycles. The minimum Gasteiger partial charge on any atom is -0.346 e. The summed E-state index contributed by atoms with van der Waals surface area (Å²) in [6, 6.07) is 11.9. The highest BCUT2D eigenvalue weighted by molar-refractivity contribution is 7.22. The van der Waals surface area contributed by atoms with E-state index in [1.54, 1.807) is 24.3 Å². The summed E-state index contributed by atoms with van der Waals surface area (Å²) in [6.45, 7) is -1.21. The van der Waals surface area contributed by atoms with E-state index in [2.05, 4.69) is 25.3 Å². The number of thiazole rings is 1. The van der Waals surface area contributed by atoms with E-state index in [9.17, 15) is 28.0 Å². The molecule has 39 heavy (non-hydrogen) atoms. The molecule has 3 rings (SSSR count). The Morgan fingerprint density at radius 2 is 1.77 bits per heavy atom. The quantitative estimate of drug-likeness (QED) is 0.152. The third kappa shape index (κ3) is 7.50. The molecule has 0 spiro atoms. The van der Waals surface area contributed by atoms with E-state index >= 15 is 0 Å². The van der Waals surface area contributed by atoms with Gasteiger partial charge in [-0.15, -0.1) is 5.12 Å². The standard InChI is InChI=1S/C21H23F3N8O6S/c1-29(18(33)11-27-20(35)15(25)9-13-5-3-2-4-6-13)12-19(34)30(26)31(32(37-23)38-24)21-28-16-8-7-14(36-22)10-17(16)39-21/h2-8,10,15H,9,11-12,25-26H2,1H3,(H,27,35)/t15-/m0/s1. The van der Waals surface area contributed by atoms with Crippen LogP contribution in [0.15, 0.2) is 48.5 Å². The number of amides is 3. The first-order chi connectivity index (χ1) is 18.7. The zero-order valence-corrected chi connectivity index (χ0v) is 21.0. The van der Waals surface area contributed by atoms with Gasteiger partial charge in [-0.1, -0.05) is 41.7 Å². The number of carbonyl (C=O) groups is 3.